The number of rotatable bonds is 2. The van der Waals surface area contributed by atoms with Crippen LogP contribution in [0.15, 0.2) is 44.5 Å². The van der Waals surface area contributed by atoms with Gasteiger partial charge in [-0.1, -0.05) is 35.0 Å². The maximum atomic E-state index is 13.4. The Kier molecular flexibility index (Phi) is 4.68. The Morgan fingerprint density at radius 1 is 0.906 bits per heavy atom. The number of hydrogen-bond acceptors (Lipinski definition) is 7. The number of thioether (sulfide) groups is 1. The van der Waals surface area contributed by atoms with Gasteiger partial charge < -0.3 is 0 Å². The quantitative estimate of drug-likeness (QED) is 0.238. The first kappa shape index (κ1) is 21.1. The molecular formula is C20H5BrCl2N2O6S. The molecule has 4 aromatic carbocycles. The van der Waals surface area contributed by atoms with Gasteiger partial charge in [0.05, 0.1) is 14.8 Å². The third-order valence-electron chi connectivity index (χ3n) is 5.21. The van der Waals surface area contributed by atoms with Gasteiger partial charge in [-0.2, -0.15) is 0 Å². The highest BCUT2D eigenvalue weighted by Gasteiger charge is 2.33. The van der Waals surface area contributed by atoms with Crippen molar-refractivity contribution in [3.63, 3.8) is 0 Å². The maximum Gasteiger partial charge on any atom is 0.289 e. The van der Waals surface area contributed by atoms with E-state index in [1.165, 1.54) is 12.1 Å². The molecule has 0 aromatic heterocycles. The van der Waals surface area contributed by atoms with Crippen molar-refractivity contribution in [1.29, 1.82) is 0 Å². The summed E-state index contributed by atoms with van der Waals surface area (Å²) in [5, 5.41) is 23.5. The molecule has 158 valence electrons. The highest BCUT2D eigenvalue weighted by atomic mass is 79.9. The van der Waals surface area contributed by atoms with Crippen LogP contribution in [0.2, 0.25) is 10.0 Å². The third kappa shape index (κ3) is 2.77. The smallest absolute Gasteiger partial charge is 0.289 e. The number of benzene rings is 3. The predicted molar refractivity (Wildman–Crippen MR) is 125 cm³/mol. The van der Waals surface area contributed by atoms with Gasteiger partial charge in [-0.25, -0.2) is 0 Å². The van der Waals surface area contributed by atoms with Crippen LogP contribution in [-0.2, 0) is 0 Å². The molecule has 0 N–H and O–H groups in total. The van der Waals surface area contributed by atoms with Crippen LogP contribution >= 0.6 is 50.9 Å². The summed E-state index contributed by atoms with van der Waals surface area (Å²) in [6.45, 7) is 0. The zero-order valence-corrected chi connectivity index (χ0v) is 19.2. The van der Waals surface area contributed by atoms with Gasteiger partial charge in [-0.3, -0.25) is 29.8 Å². The van der Waals surface area contributed by atoms with Gasteiger partial charge in [0, 0.05) is 54.4 Å². The number of carbonyl (C=O) groups is 1. The van der Waals surface area contributed by atoms with Crippen LogP contribution in [0.25, 0.3) is 26.5 Å². The van der Waals surface area contributed by atoms with Crippen LogP contribution in [0.5, 0.6) is 0 Å². The van der Waals surface area contributed by atoms with Crippen molar-refractivity contribution in [1.82, 2.24) is 0 Å². The summed E-state index contributed by atoms with van der Waals surface area (Å²) in [4.78, 5) is 48.9. The molecule has 1 heterocycles. The Balaban J connectivity index is 2.04. The molecular weight excluding hydrogens is 547 g/mol. The average molecular weight is 552 g/mol. The van der Waals surface area contributed by atoms with Crippen molar-refractivity contribution in [3.8, 4) is 0 Å². The van der Waals surface area contributed by atoms with E-state index in [0.29, 0.717) is 15.5 Å². The summed E-state index contributed by atoms with van der Waals surface area (Å²) in [7, 11) is 0. The molecule has 0 atom stereocenters. The second-order valence-corrected chi connectivity index (χ2v) is 9.54. The van der Waals surface area contributed by atoms with E-state index in [9.17, 15) is 29.8 Å². The molecule has 32 heavy (non-hydrogen) atoms. The molecule has 8 nitrogen and oxygen atoms in total. The molecule has 1 aliphatic heterocycles. The van der Waals surface area contributed by atoms with E-state index < -0.39 is 32.4 Å². The number of ketones is 1. The van der Waals surface area contributed by atoms with Crippen LogP contribution in [0.3, 0.4) is 0 Å². The predicted octanol–water partition coefficient (Wildman–Crippen LogP) is 5.49. The zero-order valence-electron chi connectivity index (χ0n) is 15.3. The molecule has 1 aliphatic rings. The Morgan fingerprint density at radius 2 is 1.56 bits per heavy atom. The molecule has 4 aromatic rings. The van der Waals surface area contributed by atoms with Gasteiger partial charge >= 0.3 is 0 Å². The number of nitro groups is 2. The van der Waals surface area contributed by atoms with E-state index in [2.05, 4.69) is 15.9 Å². The van der Waals surface area contributed by atoms with Gasteiger partial charge in [0.25, 0.3) is 11.4 Å². The molecule has 0 amide bonds. The lowest BCUT2D eigenvalue weighted by Crippen LogP contribution is -2.23. The summed E-state index contributed by atoms with van der Waals surface area (Å²) >= 11 is 16.4. The molecule has 0 fully saturated rings. The highest BCUT2D eigenvalue weighted by molar-refractivity contribution is 9.10. The van der Waals surface area contributed by atoms with Gasteiger partial charge in [0.2, 0.25) is 5.78 Å². The molecule has 12 heteroatoms. The lowest BCUT2D eigenvalue weighted by atomic mass is 10.0. The first-order valence-corrected chi connectivity index (χ1v) is 11.1. The van der Waals surface area contributed by atoms with Crippen LogP contribution in [0.1, 0.15) is 10.4 Å². The molecule has 0 bridgehead atoms. The van der Waals surface area contributed by atoms with Gasteiger partial charge in [-0.15, -0.1) is 0 Å². The zero-order chi connectivity index (χ0) is 23.1. The molecule has 0 aliphatic carbocycles. The topological polar surface area (TPSA) is 120 Å². The minimum absolute atomic E-state index is 0.0278. The van der Waals surface area contributed by atoms with Crippen LogP contribution in [0, 0.1) is 20.2 Å². The largest absolute Gasteiger partial charge is 0.289 e. The molecule has 0 saturated carbocycles. The van der Waals surface area contributed by atoms with E-state index in [1.54, 1.807) is 12.1 Å². The Morgan fingerprint density at radius 3 is 2.22 bits per heavy atom. The fraction of sp³-hybridized carbons (Fsp3) is 0. The Labute approximate surface area is 199 Å². The van der Waals surface area contributed by atoms with Crippen LogP contribution in [-0.4, -0.2) is 15.6 Å². The lowest BCUT2D eigenvalue weighted by Gasteiger charge is -2.06. The molecule has 0 saturated heterocycles. The summed E-state index contributed by atoms with van der Waals surface area (Å²) in [6, 6.07) is 6.88. The fourth-order valence-electron chi connectivity index (χ4n) is 3.87. The Bertz CT molecular complexity index is 1680. The second-order valence-electron chi connectivity index (χ2n) is 6.88. The number of nitrogens with zero attached hydrogens (tertiary/aromatic N) is 2. The van der Waals surface area contributed by atoms with E-state index in [0.717, 1.165) is 17.8 Å². The monoisotopic (exact) mass is 550 g/mol. The lowest BCUT2D eigenvalue weighted by molar-refractivity contribution is -0.385. The van der Waals surface area contributed by atoms with E-state index >= 15 is 0 Å². The molecule has 0 unspecified atom stereocenters. The maximum absolute atomic E-state index is 13.4. The number of fused-ring (bicyclic) bond motifs is 1. The van der Waals surface area contributed by atoms with Crippen LogP contribution < -0.4 is 10.6 Å². The number of hydrogen-bond donors (Lipinski definition) is 0. The van der Waals surface area contributed by atoms with Crippen molar-refractivity contribution >= 4 is 94.5 Å². The normalized spacial score (nSPS) is 15.0. The molecule has 5 rings (SSSR count). The number of halogens is 3. The minimum atomic E-state index is -0.769. The standard InChI is InChI=1S/C20H5BrCl2N2O6S/c21-16-10(24(28)29)4-8-13-9(5-11(25(30)31)17(23)15(13)16)18(26)14(8)20-19(27)7-2-1-6(22)3-12(7)32-20/h1-5H/b20-14+. The number of nitro benzene ring substituents is 2. The summed E-state index contributed by atoms with van der Waals surface area (Å²) in [5.74, 6) is -0.433. The minimum Gasteiger partial charge on any atom is -0.289 e. The fourth-order valence-corrected chi connectivity index (χ4v) is 6.37. The van der Waals surface area contributed by atoms with Crippen molar-refractivity contribution in [2.45, 2.75) is 4.90 Å². The first-order valence-electron chi connectivity index (χ1n) is 8.70. The van der Waals surface area contributed by atoms with Crippen molar-refractivity contribution < 1.29 is 14.6 Å². The van der Waals surface area contributed by atoms with E-state index in [-0.39, 0.29) is 41.2 Å². The third-order valence-corrected chi connectivity index (χ3v) is 7.78. The SMILES string of the molecule is O=C1/C(=c2\c(=O)c3cc([N+](=O)[O-])c(Cl)c4c(Br)c([N+](=O)[O-])cc2c43)Sc2cc(Cl)ccc21. The molecule has 0 spiro atoms. The summed E-state index contributed by atoms with van der Waals surface area (Å²) in [6.07, 6.45) is 0. The van der Waals surface area contributed by atoms with Gasteiger partial charge in [-0.05, 0) is 34.1 Å². The highest BCUT2D eigenvalue weighted by Crippen LogP contribution is 2.46. The second kappa shape index (κ2) is 7.11. The van der Waals surface area contributed by atoms with Crippen molar-refractivity contribution in [2.24, 2.45) is 0 Å². The Hall–Kier alpha value is -2.79. The van der Waals surface area contributed by atoms with E-state index in [1.807, 2.05) is 0 Å². The van der Waals surface area contributed by atoms with Crippen LogP contribution in [0.4, 0.5) is 11.4 Å². The summed E-state index contributed by atoms with van der Waals surface area (Å²) < 4.78 is -0.0873. The first-order chi connectivity index (χ1) is 15.1. The average Bonchev–Trinajstić information content (AvgIpc) is 3.18. The van der Waals surface area contributed by atoms with E-state index in [4.69, 9.17) is 23.2 Å². The van der Waals surface area contributed by atoms with Crippen molar-refractivity contribution in [3.05, 3.63) is 86.1 Å². The number of carbonyl (C=O) groups excluding carboxylic acids is 1. The van der Waals surface area contributed by atoms with Gasteiger partial charge in [0.1, 0.15) is 9.50 Å². The van der Waals surface area contributed by atoms with Crippen molar-refractivity contribution in [2.75, 3.05) is 0 Å². The summed E-state index contributed by atoms with van der Waals surface area (Å²) in [5.41, 5.74) is -1.31. The molecule has 0 radical (unpaired) electrons. The number of Topliss-reactive ketones (excluding diaryl/α,β-unsaturated/α-hetero) is 1. The van der Waals surface area contributed by atoms with Gasteiger partial charge in [0.15, 0.2) is 5.43 Å².